The van der Waals surface area contributed by atoms with Crippen LogP contribution in [0.25, 0.3) is 0 Å². The minimum atomic E-state index is -3.62. The SMILES string of the molecule is CCCc1ccc(S(=O)(=O)N(C)c2ccncc2N)cc1. The molecule has 112 valence electrons. The number of aromatic nitrogens is 1. The van der Waals surface area contributed by atoms with E-state index < -0.39 is 10.0 Å². The summed E-state index contributed by atoms with van der Waals surface area (Å²) in [5.41, 5.74) is 7.66. The van der Waals surface area contributed by atoms with E-state index >= 15 is 0 Å². The summed E-state index contributed by atoms with van der Waals surface area (Å²) in [6.07, 6.45) is 4.92. The average molecular weight is 305 g/mol. The van der Waals surface area contributed by atoms with Crippen LogP contribution in [0.4, 0.5) is 11.4 Å². The van der Waals surface area contributed by atoms with Crippen molar-refractivity contribution in [3.8, 4) is 0 Å². The fraction of sp³-hybridized carbons (Fsp3) is 0.267. The topological polar surface area (TPSA) is 76.3 Å². The van der Waals surface area contributed by atoms with Gasteiger partial charge in [-0.15, -0.1) is 0 Å². The van der Waals surface area contributed by atoms with Gasteiger partial charge in [-0.1, -0.05) is 25.5 Å². The Hall–Kier alpha value is -2.08. The van der Waals surface area contributed by atoms with E-state index in [0.29, 0.717) is 11.4 Å². The number of sulfonamides is 1. The van der Waals surface area contributed by atoms with E-state index in [4.69, 9.17) is 5.73 Å². The van der Waals surface area contributed by atoms with Crippen LogP contribution in [-0.4, -0.2) is 20.4 Å². The molecule has 2 aromatic rings. The number of rotatable bonds is 5. The molecule has 0 aliphatic rings. The highest BCUT2D eigenvalue weighted by Gasteiger charge is 2.22. The molecule has 2 N–H and O–H groups in total. The van der Waals surface area contributed by atoms with Gasteiger partial charge in [0.1, 0.15) is 0 Å². The summed E-state index contributed by atoms with van der Waals surface area (Å²) < 4.78 is 26.4. The van der Waals surface area contributed by atoms with Crippen molar-refractivity contribution in [3.05, 3.63) is 48.3 Å². The molecule has 2 rings (SSSR count). The predicted octanol–water partition coefficient (Wildman–Crippen LogP) is 2.44. The number of hydrogen-bond donors (Lipinski definition) is 1. The molecular weight excluding hydrogens is 286 g/mol. The molecule has 5 nitrogen and oxygen atoms in total. The number of pyridine rings is 1. The van der Waals surface area contributed by atoms with Crippen molar-refractivity contribution in [1.29, 1.82) is 0 Å². The van der Waals surface area contributed by atoms with Gasteiger partial charge in [0, 0.05) is 13.2 Å². The second kappa shape index (κ2) is 6.13. The highest BCUT2D eigenvalue weighted by molar-refractivity contribution is 7.92. The molecule has 1 aromatic heterocycles. The second-order valence-corrected chi connectivity index (χ2v) is 6.77. The Bertz CT molecular complexity index is 712. The summed E-state index contributed by atoms with van der Waals surface area (Å²) in [5, 5.41) is 0. The Balaban J connectivity index is 2.35. The van der Waals surface area contributed by atoms with Gasteiger partial charge in [-0.05, 0) is 30.2 Å². The minimum absolute atomic E-state index is 0.251. The average Bonchev–Trinajstić information content (AvgIpc) is 2.48. The molecule has 0 amide bonds. The highest BCUT2D eigenvalue weighted by Crippen LogP contribution is 2.26. The summed E-state index contributed by atoms with van der Waals surface area (Å²) in [6, 6.07) is 8.54. The minimum Gasteiger partial charge on any atom is -0.396 e. The molecule has 1 aromatic carbocycles. The predicted molar refractivity (Wildman–Crippen MR) is 84.7 cm³/mol. The zero-order valence-electron chi connectivity index (χ0n) is 12.2. The molecule has 6 heteroatoms. The lowest BCUT2D eigenvalue weighted by molar-refractivity contribution is 0.594. The zero-order valence-corrected chi connectivity index (χ0v) is 13.0. The van der Waals surface area contributed by atoms with Crippen molar-refractivity contribution in [2.75, 3.05) is 17.1 Å². The van der Waals surface area contributed by atoms with Crippen molar-refractivity contribution in [1.82, 2.24) is 4.98 Å². The van der Waals surface area contributed by atoms with Crippen molar-refractivity contribution in [2.45, 2.75) is 24.7 Å². The van der Waals surface area contributed by atoms with Crippen LogP contribution in [0.1, 0.15) is 18.9 Å². The monoisotopic (exact) mass is 305 g/mol. The third-order valence-electron chi connectivity index (χ3n) is 3.29. The first kappa shape index (κ1) is 15.3. The maximum atomic E-state index is 12.6. The van der Waals surface area contributed by atoms with Gasteiger partial charge in [0.15, 0.2) is 0 Å². The number of nitrogens with two attached hydrogens (primary N) is 1. The van der Waals surface area contributed by atoms with Crippen LogP contribution in [0.15, 0.2) is 47.6 Å². The Morgan fingerprint density at radius 2 is 1.86 bits per heavy atom. The van der Waals surface area contributed by atoms with Crippen LogP contribution in [0, 0.1) is 0 Å². The second-order valence-electron chi connectivity index (χ2n) is 4.80. The molecule has 21 heavy (non-hydrogen) atoms. The molecule has 0 aliphatic heterocycles. The van der Waals surface area contributed by atoms with Crippen LogP contribution in [0.3, 0.4) is 0 Å². The lowest BCUT2D eigenvalue weighted by atomic mass is 10.1. The first-order chi connectivity index (χ1) is 9.96. The number of anilines is 2. The summed E-state index contributed by atoms with van der Waals surface area (Å²) in [5.74, 6) is 0. The Labute approximate surface area is 125 Å². The standard InChI is InChI=1S/C15H19N3O2S/c1-3-4-12-5-7-13(8-6-12)21(19,20)18(2)15-9-10-17-11-14(15)16/h5-11H,3-4,16H2,1-2H3. The molecule has 0 unspecified atom stereocenters. The molecule has 0 fully saturated rings. The molecule has 0 saturated carbocycles. The molecule has 0 radical (unpaired) electrons. The molecule has 1 heterocycles. The van der Waals surface area contributed by atoms with Crippen molar-refractivity contribution in [2.24, 2.45) is 0 Å². The van der Waals surface area contributed by atoms with Gasteiger partial charge in [0.25, 0.3) is 10.0 Å². The van der Waals surface area contributed by atoms with E-state index in [0.717, 1.165) is 18.4 Å². The molecule has 0 saturated heterocycles. The lowest BCUT2D eigenvalue weighted by Gasteiger charge is -2.20. The van der Waals surface area contributed by atoms with Crippen molar-refractivity contribution in [3.63, 3.8) is 0 Å². The number of benzene rings is 1. The normalized spacial score (nSPS) is 11.3. The fourth-order valence-corrected chi connectivity index (χ4v) is 3.31. The van der Waals surface area contributed by atoms with E-state index in [1.807, 2.05) is 12.1 Å². The summed E-state index contributed by atoms with van der Waals surface area (Å²) in [4.78, 5) is 4.12. The van der Waals surface area contributed by atoms with E-state index in [1.165, 1.54) is 23.7 Å². The van der Waals surface area contributed by atoms with Crippen LogP contribution in [-0.2, 0) is 16.4 Å². The summed E-state index contributed by atoms with van der Waals surface area (Å²) in [6.45, 7) is 2.09. The molecule has 0 bridgehead atoms. The fourth-order valence-electron chi connectivity index (χ4n) is 2.09. The summed E-state index contributed by atoms with van der Waals surface area (Å²) >= 11 is 0. The van der Waals surface area contributed by atoms with Crippen LogP contribution >= 0.6 is 0 Å². The zero-order chi connectivity index (χ0) is 15.5. The van der Waals surface area contributed by atoms with Crippen LogP contribution in [0.5, 0.6) is 0 Å². The lowest BCUT2D eigenvalue weighted by Crippen LogP contribution is -2.27. The van der Waals surface area contributed by atoms with Gasteiger partial charge in [-0.25, -0.2) is 8.42 Å². The van der Waals surface area contributed by atoms with Gasteiger partial charge in [0.05, 0.1) is 22.5 Å². The third kappa shape index (κ3) is 3.16. The maximum absolute atomic E-state index is 12.6. The van der Waals surface area contributed by atoms with E-state index in [1.54, 1.807) is 18.2 Å². The van der Waals surface area contributed by atoms with Crippen molar-refractivity contribution < 1.29 is 8.42 Å². The maximum Gasteiger partial charge on any atom is 0.264 e. The van der Waals surface area contributed by atoms with Crippen LogP contribution in [0.2, 0.25) is 0 Å². The number of aryl methyl sites for hydroxylation is 1. The van der Waals surface area contributed by atoms with E-state index in [9.17, 15) is 8.42 Å². The Morgan fingerprint density at radius 1 is 1.19 bits per heavy atom. The Kier molecular flexibility index (Phi) is 4.47. The van der Waals surface area contributed by atoms with Gasteiger partial charge in [-0.2, -0.15) is 0 Å². The van der Waals surface area contributed by atoms with Crippen LogP contribution < -0.4 is 10.0 Å². The molecule has 0 aliphatic carbocycles. The molecule has 0 atom stereocenters. The quantitative estimate of drug-likeness (QED) is 0.920. The largest absolute Gasteiger partial charge is 0.396 e. The highest BCUT2D eigenvalue weighted by atomic mass is 32.2. The third-order valence-corrected chi connectivity index (χ3v) is 5.07. The van der Waals surface area contributed by atoms with E-state index in [2.05, 4.69) is 11.9 Å². The molecular formula is C15H19N3O2S. The summed E-state index contributed by atoms with van der Waals surface area (Å²) in [7, 11) is -2.13. The van der Waals surface area contributed by atoms with E-state index in [-0.39, 0.29) is 4.90 Å². The smallest absolute Gasteiger partial charge is 0.264 e. The molecule has 0 spiro atoms. The first-order valence-corrected chi connectivity index (χ1v) is 8.18. The Morgan fingerprint density at radius 3 is 2.43 bits per heavy atom. The number of nitrogens with zero attached hydrogens (tertiary/aromatic N) is 2. The number of nitrogen functional groups attached to an aromatic ring is 1. The van der Waals surface area contributed by atoms with Gasteiger partial charge < -0.3 is 5.73 Å². The van der Waals surface area contributed by atoms with Crippen molar-refractivity contribution >= 4 is 21.4 Å². The number of hydrogen-bond acceptors (Lipinski definition) is 4. The van der Waals surface area contributed by atoms with Gasteiger partial charge >= 0.3 is 0 Å². The van der Waals surface area contributed by atoms with Gasteiger partial charge in [0.2, 0.25) is 0 Å². The van der Waals surface area contributed by atoms with Gasteiger partial charge in [-0.3, -0.25) is 9.29 Å². The first-order valence-electron chi connectivity index (χ1n) is 6.74.